The van der Waals surface area contributed by atoms with Crippen LogP contribution in [0.15, 0.2) is 41.0 Å². The zero-order valence-corrected chi connectivity index (χ0v) is 19.8. The standard InChI is InChI=1S/C27H32N2O5/c1-16-5-6-21(11-22(16)29-25(31)23-4-3-7-33-23)26(32)34-15-24(30)28-17(2)27-12-18-8-19(13-27)10-20(9-18)14-27/h3-7,11,17-20H,8-10,12-15H2,1-2H3,(H,28,30)(H,29,31)/t17-,18?,19?,20?,27?/m0/s1. The quantitative estimate of drug-likeness (QED) is 0.578. The number of nitrogens with one attached hydrogen (secondary N) is 2. The van der Waals surface area contributed by atoms with Crippen molar-refractivity contribution in [3.8, 4) is 0 Å². The summed E-state index contributed by atoms with van der Waals surface area (Å²) in [5.74, 6) is 1.34. The van der Waals surface area contributed by atoms with Crippen molar-refractivity contribution in [2.24, 2.45) is 23.2 Å². The van der Waals surface area contributed by atoms with Gasteiger partial charge in [-0.15, -0.1) is 0 Å². The highest BCUT2D eigenvalue weighted by molar-refractivity contribution is 6.03. The summed E-state index contributed by atoms with van der Waals surface area (Å²) in [6.07, 6.45) is 9.11. The van der Waals surface area contributed by atoms with E-state index in [9.17, 15) is 14.4 Å². The fraction of sp³-hybridized carbons (Fsp3) is 0.519. The van der Waals surface area contributed by atoms with Crippen molar-refractivity contribution in [1.29, 1.82) is 0 Å². The Morgan fingerprint density at radius 2 is 1.76 bits per heavy atom. The Hall–Kier alpha value is -3.09. The molecule has 1 aromatic carbocycles. The van der Waals surface area contributed by atoms with Gasteiger partial charge in [0, 0.05) is 11.7 Å². The third kappa shape index (κ3) is 4.48. The maximum absolute atomic E-state index is 12.6. The summed E-state index contributed by atoms with van der Waals surface area (Å²) in [5, 5.41) is 5.86. The van der Waals surface area contributed by atoms with Gasteiger partial charge in [0.25, 0.3) is 11.8 Å². The molecule has 4 bridgehead atoms. The average molecular weight is 465 g/mol. The molecule has 0 unspecified atom stereocenters. The van der Waals surface area contributed by atoms with Gasteiger partial charge >= 0.3 is 5.97 Å². The van der Waals surface area contributed by atoms with Crippen molar-refractivity contribution in [3.05, 3.63) is 53.5 Å². The van der Waals surface area contributed by atoms with Gasteiger partial charge in [0.15, 0.2) is 12.4 Å². The number of carbonyl (C=O) groups is 3. The Bertz CT molecular complexity index is 1060. The second-order valence-electron chi connectivity index (χ2n) is 10.6. The number of hydrogen-bond donors (Lipinski definition) is 2. The molecule has 7 nitrogen and oxygen atoms in total. The lowest BCUT2D eigenvalue weighted by atomic mass is 9.48. The molecule has 2 aromatic rings. The van der Waals surface area contributed by atoms with Gasteiger partial charge < -0.3 is 19.8 Å². The van der Waals surface area contributed by atoms with E-state index in [0.29, 0.717) is 5.69 Å². The lowest BCUT2D eigenvalue weighted by Gasteiger charge is -2.59. The number of anilines is 1. The molecule has 2 amide bonds. The molecular formula is C27H32N2O5. The van der Waals surface area contributed by atoms with Crippen molar-refractivity contribution in [1.82, 2.24) is 5.32 Å². The molecule has 0 spiro atoms. The lowest BCUT2D eigenvalue weighted by Crippen LogP contribution is -2.56. The van der Waals surface area contributed by atoms with Crippen molar-refractivity contribution in [3.63, 3.8) is 0 Å². The predicted octanol–water partition coefficient (Wildman–Crippen LogP) is 4.72. The molecule has 1 heterocycles. The summed E-state index contributed by atoms with van der Waals surface area (Å²) < 4.78 is 10.4. The number of rotatable bonds is 7. The van der Waals surface area contributed by atoms with Gasteiger partial charge in [-0.25, -0.2) is 4.79 Å². The summed E-state index contributed by atoms with van der Waals surface area (Å²) in [6, 6.07) is 8.17. The molecule has 0 saturated heterocycles. The molecule has 4 aliphatic rings. The number of esters is 1. The van der Waals surface area contributed by atoms with E-state index in [1.807, 2.05) is 6.92 Å². The first-order valence-electron chi connectivity index (χ1n) is 12.2. The highest BCUT2D eigenvalue weighted by atomic mass is 16.5. The second-order valence-corrected chi connectivity index (χ2v) is 10.6. The Balaban J connectivity index is 1.16. The molecule has 0 radical (unpaired) electrons. The Morgan fingerprint density at radius 1 is 1.09 bits per heavy atom. The smallest absolute Gasteiger partial charge is 0.338 e. The molecule has 7 heteroatoms. The minimum atomic E-state index is -0.605. The number of benzene rings is 1. The number of aryl methyl sites for hydroxylation is 1. The van der Waals surface area contributed by atoms with Crippen LogP contribution in [-0.4, -0.2) is 30.4 Å². The van der Waals surface area contributed by atoms with Gasteiger partial charge in [-0.3, -0.25) is 9.59 Å². The van der Waals surface area contributed by atoms with E-state index < -0.39 is 11.9 Å². The first-order chi connectivity index (χ1) is 16.3. The topological polar surface area (TPSA) is 97.6 Å². The molecule has 4 aliphatic carbocycles. The third-order valence-corrected chi connectivity index (χ3v) is 8.18. The van der Waals surface area contributed by atoms with Gasteiger partial charge in [-0.05, 0) is 105 Å². The number of furan rings is 1. The first-order valence-corrected chi connectivity index (χ1v) is 12.2. The molecule has 0 aliphatic heterocycles. The molecule has 4 fully saturated rings. The van der Waals surface area contributed by atoms with E-state index in [4.69, 9.17) is 9.15 Å². The second kappa shape index (κ2) is 8.93. The Labute approximate surface area is 199 Å². The number of carbonyl (C=O) groups excluding carboxylic acids is 3. The summed E-state index contributed by atoms with van der Waals surface area (Å²) in [6.45, 7) is 3.62. The summed E-state index contributed by atoms with van der Waals surface area (Å²) >= 11 is 0. The van der Waals surface area contributed by atoms with Gasteiger partial charge in [-0.1, -0.05) is 6.07 Å². The van der Waals surface area contributed by atoms with Crippen LogP contribution >= 0.6 is 0 Å². The van der Waals surface area contributed by atoms with Crippen LogP contribution < -0.4 is 10.6 Å². The molecule has 1 atom stereocenters. The monoisotopic (exact) mass is 464 g/mol. The minimum Gasteiger partial charge on any atom is -0.459 e. The lowest BCUT2D eigenvalue weighted by molar-refractivity contribution is -0.128. The molecule has 4 saturated carbocycles. The average Bonchev–Trinajstić information content (AvgIpc) is 3.33. The third-order valence-electron chi connectivity index (χ3n) is 8.18. The van der Waals surface area contributed by atoms with Crippen molar-refractivity contribution in [2.75, 3.05) is 11.9 Å². The van der Waals surface area contributed by atoms with Crippen LogP contribution in [0.1, 0.15) is 71.9 Å². The highest BCUT2D eigenvalue weighted by Crippen LogP contribution is 2.61. The Morgan fingerprint density at radius 3 is 2.38 bits per heavy atom. The van der Waals surface area contributed by atoms with Crippen LogP contribution in [0.3, 0.4) is 0 Å². The first kappa shape index (κ1) is 22.7. The SMILES string of the molecule is Cc1ccc(C(=O)OCC(=O)N[C@@H](C)C23CC4CC(CC(C4)C2)C3)cc1NC(=O)c1ccco1. The normalized spacial score (nSPS) is 27.8. The van der Waals surface area contributed by atoms with Gasteiger partial charge in [-0.2, -0.15) is 0 Å². The zero-order valence-electron chi connectivity index (χ0n) is 19.8. The number of amides is 2. The van der Waals surface area contributed by atoms with Gasteiger partial charge in [0.1, 0.15) is 0 Å². The van der Waals surface area contributed by atoms with Crippen LogP contribution in [0.5, 0.6) is 0 Å². The molecule has 180 valence electrons. The van der Waals surface area contributed by atoms with E-state index in [1.165, 1.54) is 44.8 Å². The molecule has 34 heavy (non-hydrogen) atoms. The van der Waals surface area contributed by atoms with E-state index in [2.05, 4.69) is 17.6 Å². The number of ether oxygens (including phenoxy) is 1. The number of hydrogen-bond acceptors (Lipinski definition) is 5. The molecule has 2 N–H and O–H groups in total. The fourth-order valence-corrected chi connectivity index (χ4v) is 6.83. The van der Waals surface area contributed by atoms with Gasteiger partial charge in [0.05, 0.1) is 11.8 Å². The summed E-state index contributed by atoms with van der Waals surface area (Å²) in [4.78, 5) is 37.5. The maximum atomic E-state index is 12.6. The highest BCUT2D eigenvalue weighted by Gasteiger charge is 2.53. The van der Waals surface area contributed by atoms with Crippen LogP contribution in [0.4, 0.5) is 5.69 Å². The minimum absolute atomic E-state index is 0.0786. The Kier molecular flexibility index (Phi) is 5.96. The van der Waals surface area contributed by atoms with Crippen LogP contribution in [0.2, 0.25) is 0 Å². The van der Waals surface area contributed by atoms with E-state index in [0.717, 1.165) is 23.3 Å². The van der Waals surface area contributed by atoms with Crippen LogP contribution in [-0.2, 0) is 9.53 Å². The largest absolute Gasteiger partial charge is 0.459 e. The van der Waals surface area contributed by atoms with E-state index in [1.54, 1.807) is 30.3 Å². The maximum Gasteiger partial charge on any atom is 0.338 e. The molecular weight excluding hydrogens is 432 g/mol. The molecule has 1 aromatic heterocycles. The van der Waals surface area contributed by atoms with Crippen molar-refractivity contribution in [2.45, 2.75) is 58.4 Å². The van der Waals surface area contributed by atoms with Crippen LogP contribution in [0.25, 0.3) is 0 Å². The van der Waals surface area contributed by atoms with Crippen LogP contribution in [0, 0.1) is 30.1 Å². The van der Waals surface area contributed by atoms with E-state index in [-0.39, 0.29) is 35.3 Å². The van der Waals surface area contributed by atoms with Crippen molar-refractivity contribution < 1.29 is 23.5 Å². The van der Waals surface area contributed by atoms with Gasteiger partial charge in [0.2, 0.25) is 0 Å². The summed E-state index contributed by atoms with van der Waals surface area (Å²) in [7, 11) is 0. The van der Waals surface area contributed by atoms with E-state index >= 15 is 0 Å². The summed E-state index contributed by atoms with van der Waals surface area (Å²) in [5.41, 5.74) is 1.74. The molecule has 6 rings (SSSR count). The zero-order chi connectivity index (χ0) is 23.9. The fourth-order valence-electron chi connectivity index (χ4n) is 6.83. The van der Waals surface area contributed by atoms with Crippen molar-refractivity contribution >= 4 is 23.5 Å². The predicted molar refractivity (Wildman–Crippen MR) is 126 cm³/mol.